The molecule has 7 nitrogen and oxygen atoms in total. The van der Waals surface area contributed by atoms with Crippen LogP contribution in [0.25, 0.3) is 28.2 Å². The van der Waals surface area contributed by atoms with Crippen molar-refractivity contribution in [2.45, 2.75) is 53.0 Å². The van der Waals surface area contributed by atoms with Crippen LogP contribution in [0.4, 0.5) is 0 Å². The first-order valence-corrected chi connectivity index (χ1v) is 12.9. The normalized spacial score (nSPS) is 11.2. The number of imidazole rings is 1. The highest BCUT2D eigenvalue weighted by Gasteiger charge is 2.17. The molecule has 0 unspecified atom stereocenters. The Morgan fingerprint density at radius 3 is 2.32 bits per heavy atom. The molecule has 0 spiro atoms. The Hall–Kier alpha value is -4.26. The Morgan fingerprint density at radius 1 is 0.865 bits per heavy atom. The summed E-state index contributed by atoms with van der Waals surface area (Å²) >= 11 is 0. The highest BCUT2D eigenvalue weighted by atomic mass is 16.1. The summed E-state index contributed by atoms with van der Waals surface area (Å²) in [6.45, 7) is 6.94. The SMILES string of the molecule is CCCc1cccc(C)c1-n1cc(CCC)n(Cc2ccc(-c3ccccc3-c3nnn[nH]3)cc2)c1=O. The van der Waals surface area contributed by atoms with Crippen molar-refractivity contribution in [2.75, 3.05) is 0 Å². The quantitative estimate of drug-likeness (QED) is 0.284. The highest BCUT2D eigenvalue weighted by molar-refractivity contribution is 5.80. The first-order chi connectivity index (χ1) is 18.1. The fraction of sp³-hybridized carbons (Fsp3) is 0.267. The summed E-state index contributed by atoms with van der Waals surface area (Å²) in [4.78, 5) is 13.7. The minimum Gasteiger partial charge on any atom is -0.292 e. The first-order valence-electron chi connectivity index (χ1n) is 12.9. The molecule has 0 saturated heterocycles. The van der Waals surface area contributed by atoms with Crippen LogP contribution in [0.2, 0.25) is 0 Å². The third kappa shape index (κ3) is 4.89. The van der Waals surface area contributed by atoms with Crippen LogP contribution in [0, 0.1) is 6.92 Å². The van der Waals surface area contributed by atoms with E-state index in [4.69, 9.17) is 0 Å². The summed E-state index contributed by atoms with van der Waals surface area (Å²) in [6.07, 6.45) is 5.86. The third-order valence-electron chi connectivity index (χ3n) is 6.78. The van der Waals surface area contributed by atoms with E-state index < -0.39 is 0 Å². The topological polar surface area (TPSA) is 81.4 Å². The zero-order chi connectivity index (χ0) is 25.8. The van der Waals surface area contributed by atoms with Gasteiger partial charge < -0.3 is 0 Å². The molecule has 0 amide bonds. The monoisotopic (exact) mass is 492 g/mol. The second-order valence-electron chi connectivity index (χ2n) is 9.43. The van der Waals surface area contributed by atoms with E-state index in [-0.39, 0.29) is 5.69 Å². The van der Waals surface area contributed by atoms with Crippen molar-refractivity contribution >= 4 is 0 Å². The second-order valence-corrected chi connectivity index (χ2v) is 9.43. The predicted molar refractivity (Wildman–Crippen MR) is 147 cm³/mol. The van der Waals surface area contributed by atoms with Crippen LogP contribution < -0.4 is 5.69 Å². The predicted octanol–water partition coefficient (Wildman–Crippen LogP) is 5.75. The van der Waals surface area contributed by atoms with Crippen molar-refractivity contribution in [1.82, 2.24) is 29.8 Å². The Bertz CT molecular complexity index is 1540. The highest BCUT2D eigenvalue weighted by Crippen LogP contribution is 2.30. The maximum atomic E-state index is 13.7. The molecule has 0 atom stereocenters. The van der Waals surface area contributed by atoms with Crippen LogP contribution >= 0.6 is 0 Å². The van der Waals surface area contributed by atoms with Gasteiger partial charge in [0.05, 0.1) is 12.2 Å². The summed E-state index contributed by atoms with van der Waals surface area (Å²) in [7, 11) is 0. The molecular weight excluding hydrogens is 460 g/mol. The molecule has 0 bridgehead atoms. The molecule has 0 aliphatic rings. The van der Waals surface area contributed by atoms with E-state index in [0.29, 0.717) is 12.4 Å². The number of para-hydroxylation sites is 1. The van der Waals surface area contributed by atoms with Crippen LogP contribution in [-0.4, -0.2) is 29.8 Å². The maximum absolute atomic E-state index is 13.7. The molecule has 0 aliphatic carbocycles. The molecular formula is C30H32N6O. The average molecular weight is 493 g/mol. The second kappa shape index (κ2) is 10.8. The molecule has 188 valence electrons. The molecule has 0 fully saturated rings. The fourth-order valence-corrected chi connectivity index (χ4v) is 5.03. The van der Waals surface area contributed by atoms with Crippen molar-refractivity contribution in [3.05, 3.63) is 106 Å². The number of nitrogens with one attached hydrogen (secondary N) is 1. The number of aromatic amines is 1. The van der Waals surface area contributed by atoms with E-state index in [1.54, 1.807) is 0 Å². The third-order valence-corrected chi connectivity index (χ3v) is 6.78. The molecule has 5 aromatic rings. The molecule has 3 aromatic carbocycles. The minimum atomic E-state index is 0.0161. The van der Waals surface area contributed by atoms with Crippen LogP contribution in [0.15, 0.2) is 77.7 Å². The van der Waals surface area contributed by atoms with Crippen LogP contribution in [0.1, 0.15) is 49.1 Å². The van der Waals surface area contributed by atoms with Gasteiger partial charge in [-0.25, -0.2) is 9.89 Å². The van der Waals surface area contributed by atoms with Gasteiger partial charge in [0.1, 0.15) is 0 Å². The maximum Gasteiger partial charge on any atom is 0.333 e. The van der Waals surface area contributed by atoms with E-state index in [2.05, 4.69) is 89.9 Å². The molecule has 0 aliphatic heterocycles. The van der Waals surface area contributed by atoms with E-state index in [9.17, 15) is 4.79 Å². The number of rotatable bonds is 9. The molecule has 7 heteroatoms. The Labute approximate surface area is 216 Å². The van der Waals surface area contributed by atoms with E-state index in [0.717, 1.165) is 64.9 Å². The summed E-state index contributed by atoms with van der Waals surface area (Å²) in [6, 6.07) is 22.7. The molecule has 0 saturated carbocycles. The van der Waals surface area contributed by atoms with E-state index in [1.165, 1.54) is 5.56 Å². The summed E-state index contributed by atoms with van der Waals surface area (Å²) in [5.41, 5.74) is 8.59. The summed E-state index contributed by atoms with van der Waals surface area (Å²) < 4.78 is 3.79. The number of hydrogen-bond acceptors (Lipinski definition) is 4. The van der Waals surface area contributed by atoms with Gasteiger partial charge in [-0.2, -0.15) is 0 Å². The van der Waals surface area contributed by atoms with Gasteiger partial charge in [-0.05, 0) is 58.0 Å². The van der Waals surface area contributed by atoms with Gasteiger partial charge in [-0.1, -0.05) is 93.4 Å². The Kier molecular flexibility index (Phi) is 7.12. The molecule has 5 rings (SSSR count). The molecule has 0 radical (unpaired) electrons. The van der Waals surface area contributed by atoms with Crippen molar-refractivity contribution < 1.29 is 0 Å². The van der Waals surface area contributed by atoms with Crippen LogP contribution in [-0.2, 0) is 19.4 Å². The number of nitrogens with zero attached hydrogens (tertiary/aromatic N) is 5. The number of aryl methyl sites for hydroxylation is 3. The van der Waals surface area contributed by atoms with Gasteiger partial charge >= 0.3 is 5.69 Å². The lowest BCUT2D eigenvalue weighted by Crippen LogP contribution is -2.25. The van der Waals surface area contributed by atoms with Gasteiger partial charge in [0.15, 0.2) is 5.82 Å². The molecule has 1 N–H and O–H groups in total. The fourth-order valence-electron chi connectivity index (χ4n) is 5.03. The van der Waals surface area contributed by atoms with E-state index in [1.807, 2.05) is 33.5 Å². The number of hydrogen-bond donors (Lipinski definition) is 1. The van der Waals surface area contributed by atoms with Gasteiger partial charge in [0, 0.05) is 17.5 Å². The largest absolute Gasteiger partial charge is 0.333 e. The number of tetrazole rings is 1. The van der Waals surface area contributed by atoms with Crippen molar-refractivity contribution in [1.29, 1.82) is 0 Å². The van der Waals surface area contributed by atoms with E-state index >= 15 is 0 Å². The number of H-pyrrole nitrogens is 1. The van der Waals surface area contributed by atoms with Crippen LogP contribution in [0.3, 0.4) is 0 Å². The Morgan fingerprint density at radius 2 is 1.62 bits per heavy atom. The van der Waals surface area contributed by atoms with Gasteiger partial charge in [-0.3, -0.25) is 9.13 Å². The van der Waals surface area contributed by atoms with Gasteiger partial charge in [0.25, 0.3) is 0 Å². The summed E-state index contributed by atoms with van der Waals surface area (Å²) in [5, 5.41) is 14.4. The lowest BCUT2D eigenvalue weighted by molar-refractivity contribution is 0.690. The average Bonchev–Trinajstić information content (AvgIpc) is 3.55. The lowest BCUT2D eigenvalue weighted by atomic mass is 9.98. The zero-order valence-corrected chi connectivity index (χ0v) is 21.6. The number of benzene rings is 3. The van der Waals surface area contributed by atoms with Crippen molar-refractivity contribution in [3.8, 4) is 28.2 Å². The smallest absolute Gasteiger partial charge is 0.292 e. The standard InChI is InChI=1S/C30H32N6O/c1-4-9-24-12-8-11-21(3)28(24)36-20-25(10-5-2)35(30(36)37)19-22-15-17-23(18-16-22)26-13-6-7-14-27(26)29-31-33-34-32-29/h6-8,11-18,20H,4-5,9-10,19H2,1-3H3,(H,31,32,33,34). The molecule has 2 heterocycles. The van der Waals surface area contributed by atoms with Crippen molar-refractivity contribution in [3.63, 3.8) is 0 Å². The Balaban J connectivity index is 1.49. The van der Waals surface area contributed by atoms with Crippen LogP contribution in [0.5, 0.6) is 0 Å². The van der Waals surface area contributed by atoms with Crippen molar-refractivity contribution in [2.24, 2.45) is 0 Å². The molecule has 2 aromatic heterocycles. The lowest BCUT2D eigenvalue weighted by Gasteiger charge is -2.12. The van der Waals surface area contributed by atoms with Gasteiger partial charge in [-0.15, -0.1) is 5.10 Å². The van der Waals surface area contributed by atoms with Gasteiger partial charge in [0.2, 0.25) is 0 Å². The zero-order valence-electron chi connectivity index (χ0n) is 21.6. The molecule has 37 heavy (non-hydrogen) atoms. The minimum absolute atomic E-state index is 0.0161. The first kappa shape index (κ1) is 24.4. The number of aromatic nitrogens is 6. The summed E-state index contributed by atoms with van der Waals surface area (Å²) in [5.74, 6) is 0.635.